The summed E-state index contributed by atoms with van der Waals surface area (Å²) < 4.78 is 1.62. The Hall–Kier alpha value is -3.12. The number of hydrogen-bond donors (Lipinski definition) is 1. The van der Waals surface area contributed by atoms with Crippen molar-refractivity contribution in [1.29, 1.82) is 0 Å². The van der Waals surface area contributed by atoms with Gasteiger partial charge in [0, 0.05) is 25.3 Å². The van der Waals surface area contributed by atoms with Crippen LogP contribution in [0.3, 0.4) is 0 Å². The zero-order valence-corrected chi connectivity index (χ0v) is 16.7. The molecule has 6 nitrogen and oxygen atoms in total. The number of rotatable bonds is 5. The number of nitrogens with zero attached hydrogens (tertiary/aromatic N) is 3. The summed E-state index contributed by atoms with van der Waals surface area (Å²) >= 11 is 6.44. The van der Waals surface area contributed by atoms with Crippen molar-refractivity contribution < 1.29 is 9.59 Å². The highest BCUT2D eigenvalue weighted by atomic mass is 35.5. The van der Waals surface area contributed by atoms with Crippen LogP contribution in [0.15, 0.2) is 54.6 Å². The van der Waals surface area contributed by atoms with Crippen molar-refractivity contribution in [2.75, 3.05) is 17.3 Å². The first-order chi connectivity index (χ1) is 13.4. The summed E-state index contributed by atoms with van der Waals surface area (Å²) in [6.07, 6.45) is 0. The number of hydrogen-bond acceptors (Lipinski definition) is 3. The molecule has 7 heteroatoms. The Kier molecular flexibility index (Phi) is 5.80. The van der Waals surface area contributed by atoms with Crippen molar-refractivity contribution in [1.82, 2.24) is 9.78 Å². The smallest absolute Gasteiger partial charge is 0.260 e. The van der Waals surface area contributed by atoms with Gasteiger partial charge in [-0.05, 0) is 36.8 Å². The van der Waals surface area contributed by atoms with E-state index in [1.165, 1.54) is 11.8 Å². The van der Waals surface area contributed by atoms with Crippen molar-refractivity contribution in [3.63, 3.8) is 0 Å². The van der Waals surface area contributed by atoms with E-state index in [1.54, 1.807) is 42.9 Å². The molecule has 0 bridgehead atoms. The molecule has 1 aromatic heterocycles. The van der Waals surface area contributed by atoms with Gasteiger partial charge in [-0.3, -0.25) is 9.59 Å². The summed E-state index contributed by atoms with van der Waals surface area (Å²) in [4.78, 5) is 25.7. The Labute approximate surface area is 168 Å². The van der Waals surface area contributed by atoms with Crippen LogP contribution in [-0.2, 0) is 11.3 Å². The molecule has 2 amide bonds. The summed E-state index contributed by atoms with van der Waals surface area (Å²) in [6, 6.07) is 16.8. The first-order valence-electron chi connectivity index (χ1n) is 8.79. The highest BCUT2D eigenvalue weighted by molar-refractivity contribution is 6.33. The van der Waals surface area contributed by atoms with Crippen LogP contribution < -0.4 is 10.2 Å². The average Bonchev–Trinajstić information content (AvgIpc) is 2.95. The van der Waals surface area contributed by atoms with Crippen LogP contribution in [0.4, 0.5) is 11.4 Å². The normalized spacial score (nSPS) is 10.6. The molecule has 144 valence electrons. The Morgan fingerprint density at radius 3 is 2.36 bits per heavy atom. The van der Waals surface area contributed by atoms with Crippen molar-refractivity contribution in [3.8, 4) is 0 Å². The van der Waals surface area contributed by atoms with E-state index >= 15 is 0 Å². The lowest BCUT2D eigenvalue weighted by molar-refractivity contribution is -0.116. The molecule has 0 fully saturated rings. The van der Waals surface area contributed by atoms with Crippen LogP contribution in [0.1, 0.15) is 28.5 Å². The molecule has 0 saturated heterocycles. The number of carbonyl (C=O) groups is 2. The highest BCUT2D eigenvalue weighted by Gasteiger charge is 2.20. The van der Waals surface area contributed by atoms with Crippen LogP contribution in [0.25, 0.3) is 0 Å². The molecule has 0 radical (unpaired) electrons. The standard InChI is InChI=1S/C21H21ClN4O2/c1-14-19(20(22)26(24-14)13-16-7-5-4-6-8-16)21(28)23-17-9-11-18(12-10-17)25(3)15(2)27/h4-12H,13H2,1-3H3,(H,23,28). The van der Waals surface area contributed by atoms with E-state index in [1.807, 2.05) is 30.3 Å². The fourth-order valence-electron chi connectivity index (χ4n) is 2.82. The maximum absolute atomic E-state index is 12.7. The van der Waals surface area contributed by atoms with Crippen molar-refractivity contribution in [2.45, 2.75) is 20.4 Å². The number of aryl methyl sites for hydroxylation is 1. The molecule has 28 heavy (non-hydrogen) atoms. The lowest BCUT2D eigenvalue weighted by atomic mass is 10.2. The molecule has 0 aliphatic carbocycles. The molecule has 0 saturated carbocycles. The first-order valence-corrected chi connectivity index (χ1v) is 9.17. The van der Waals surface area contributed by atoms with E-state index in [9.17, 15) is 9.59 Å². The summed E-state index contributed by atoms with van der Waals surface area (Å²) in [5.74, 6) is -0.389. The molecule has 0 aliphatic heterocycles. The second kappa shape index (κ2) is 8.27. The lowest BCUT2D eigenvalue weighted by Crippen LogP contribution is -2.22. The quantitative estimate of drug-likeness (QED) is 0.705. The van der Waals surface area contributed by atoms with Gasteiger partial charge < -0.3 is 10.2 Å². The second-order valence-electron chi connectivity index (χ2n) is 6.47. The molecule has 0 aliphatic rings. The summed E-state index contributed by atoms with van der Waals surface area (Å²) in [5, 5.41) is 7.53. The van der Waals surface area contributed by atoms with Crippen LogP contribution in [-0.4, -0.2) is 28.6 Å². The van der Waals surface area contributed by atoms with E-state index in [4.69, 9.17) is 11.6 Å². The minimum Gasteiger partial charge on any atom is -0.322 e. The number of amides is 2. The Morgan fingerprint density at radius 1 is 1.11 bits per heavy atom. The minimum absolute atomic E-state index is 0.0648. The Bertz CT molecular complexity index is 997. The van der Waals surface area contributed by atoms with Gasteiger partial charge in [0.15, 0.2) is 0 Å². The molecule has 0 unspecified atom stereocenters. The fourth-order valence-corrected chi connectivity index (χ4v) is 3.14. The van der Waals surface area contributed by atoms with Crippen LogP contribution in [0.5, 0.6) is 0 Å². The van der Waals surface area contributed by atoms with Crippen molar-refractivity contribution in [2.24, 2.45) is 0 Å². The summed E-state index contributed by atoms with van der Waals surface area (Å²) in [6.45, 7) is 3.74. The van der Waals surface area contributed by atoms with E-state index in [2.05, 4.69) is 10.4 Å². The first kappa shape index (κ1) is 19.6. The van der Waals surface area contributed by atoms with Gasteiger partial charge in [-0.2, -0.15) is 5.10 Å². The molecule has 3 aromatic rings. The third-order valence-electron chi connectivity index (χ3n) is 4.45. The molecule has 0 spiro atoms. The van der Waals surface area contributed by atoms with Gasteiger partial charge in [0.2, 0.25) is 5.91 Å². The molecular weight excluding hydrogens is 376 g/mol. The van der Waals surface area contributed by atoms with Crippen LogP contribution in [0.2, 0.25) is 5.15 Å². The average molecular weight is 397 g/mol. The number of aromatic nitrogens is 2. The van der Waals surface area contributed by atoms with E-state index < -0.39 is 0 Å². The number of halogens is 1. The number of nitrogens with one attached hydrogen (secondary N) is 1. The van der Waals surface area contributed by atoms with Crippen LogP contribution in [0, 0.1) is 6.92 Å². The van der Waals surface area contributed by atoms with Gasteiger partial charge in [-0.15, -0.1) is 0 Å². The van der Waals surface area contributed by atoms with Gasteiger partial charge in [-0.1, -0.05) is 41.9 Å². The van der Waals surface area contributed by atoms with Gasteiger partial charge >= 0.3 is 0 Å². The van der Waals surface area contributed by atoms with Gasteiger partial charge in [0.1, 0.15) is 5.15 Å². The second-order valence-corrected chi connectivity index (χ2v) is 6.83. The summed E-state index contributed by atoms with van der Waals surface area (Å²) in [7, 11) is 1.69. The number of anilines is 2. The zero-order chi connectivity index (χ0) is 20.3. The van der Waals surface area contributed by atoms with Gasteiger partial charge in [0.25, 0.3) is 5.91 Å². The maximum atomic E-state index is 12.7. The number of carbonyl (C=O) groups excluding carboxylic acids is 2. The SMILES string of the molecule is CC(=O)N(C)c1ccc(NC(=O)c2c(C)nn(Cc3ccccc3)c2Cl)cc1. The molecular formula is C21H21ClN4O2. The monoisotopic (exact) mass is 396 g/mol. The lowest BCUT2D eigenvalue weighted by Gasteiger charge is -2.15. The van der Waals surface area contributed by atoms with Crippen LogP contribution >= 0.6 is 11.6 Å². The molecule has 1 heterocycles. The molecule has 0 atom stereocenters. The van der Waals surface area contributed by atoms with Crippen molar-refractivity contribution >= 4 is 34.8 Å². The Morgan fingerprint density at radius 2 is 1.75 bits per heavy atom. The zero-order valence-electron chi connectivity index (χ0n) is 15.9. The molecule has 3 rings (SSSR count). The fraction of sp³-hybridized carbons (Fsp3) is 0.190. The molecule has 2 aromatic carbocycles. The van der Waals surface area contributed by atoms with Gasteiger partial charge in [0.05, 0.1) is 17.8 Å². The predicted octanol–water partition coefficient (Wildman–Crippen LogP) is 4.13. The topological polar surface area (TPSA) is 67.2 Å². The molecule has 1 N–H and O–H groups in total. The Balaban J connectivity index is 1.77. The van der Waals surface area contributed by atoms with E-state index in [-0.39, 0.29) is 11.8 Å². The van der Waals surface area contributed by atoms with Gasteiger partial charge in [-0.25, -0.2) is 4.68 Å². The minimum atomic E-state index is -0.325. The highest BCUT2D eigenvalue weighted by Crippen LogP contribution is 2.23. The third kappa shape index (κ3) is 4.23. The predicted molar refractivity (Wildman–Crippen MR) is 111 cm³/mol. The largest absolute Gasteiger partial charge is 0.322 e. The number of benzene rings is 2. The van der Waals surface area contributed by atoms with Crippen molar-refractivity contribution in [3.05, 3.63) is 76.6 Å². The summed E-state index contributed by atoms with van der Waals surface area (Å²) in [5.41, 5.74) is 3.31. The maximum Gasteiger partial charge on any atom is 0.260 e. The van der Waals surface area contributed by atoms with E-state index in [0.717, 1.165) is 11.3 Å². The van der Waals surface area contributed by atoms with E-state index in [0.29, 0.717) is 28.6 Å². The third-order valence-corrected chi connectivity index (χ3v) is 4.84.